The smallest absolute Gasteiger partial charge is 0.305 e. The van der Waals surface area contributed by atoms with Gasteiger partial charge in [-0.05, 0) is 47.7 Å². The first-order valence-corrected chi connectivity index (χ1v) is 8.05. The van der Waals surface area contributed by atoms with Crippen LogP contribution in [0.2, 0.25) is 0 Å². The summed E-state index contributed by atoms with van der Waals surface area (Å²) in [4.78, 5) is 17.7. The van der Waals surface area contributed by atoms with E-state index in [9.17, 15) is 18.0 Å². The van der Waals surface area contributed by atoms with Gasteiger partial charge in [0.25, 0.3) is 5.91 Å². The van der Waals surface area contributed by atoms with E-state index in [-0.39, 0.29) is 17.7 Å². The van der Waals surface area contributed by atoms with Crippen molar-refractivity contribution in [1.82, 2.24) is 9.88 Å². The van der Waals surface area contributed by atoms with Crippen LogP contribution in [0.25, 0.3) is 0 Å². The van der Waals surface area contributed by atoms with E-state index in [1.807, 2.05) is 0 Å². The van der Waals surface area contributed by atoms with E-state index in [2.05, 4.69) is 26.2 Å². The lowest BCUT2D eigenvalue weighted by Crippen LogP contribution is -2.19. The van der Waals surface area contributed by atoms with Gasteiger partial charge >= 0.3 is 6.18 Å². The topological polar surface area (TPSA) is 45.2 Å². The van der Waals surface area contributed by atoms with Gasteiger partial charge < -0.3 is 4.90 Å². The van der Waals surface area contributed by atoms with Crippen LogP contribution in [0.15, 0.2) is 28.2 Å². The van der Waals surface area contributed by atoms with Crippen molar-refractivity contribution >= 4 is 38.3 Å². The highest BCUT2D eigenvalue weighted by atomic mass is 79.9. The molecule has 2 rings (SSSR count). The predicted octanol–water partition coefficient (Wildman–Crippen LogP) is 4.24. The molecule has 0 aliphatic rings. The lowest BCUT2D eigenvalue weighted by molar-refractivity contribution is -0.138. The van der Waals surface area contributed by atoms with Crippen molar-refractivity contribution in [3.05, 3.63) is 44.9 Å². The number of rotatable bonds is 4. The van der Waals surface area contributed by atoms with Crippen molar-refractivity contribution in [2.45, 2.75) is 12.7 Å². The molecule has 0 saturated heterocycles. The number of hydrogen-bond acceptors (Lipinski definition) is 4. The first-order chi connectivity index (χ1) is 10.7. The fraction of sp³-hybridized carbons (Fsp3) is 0.286. The molecule has 0 fully saturated rings. The summed E-state index contributed by atoms with van der Waals surface area (Å²) in [5.41, 5.74) is -0.749. The summed E-state index contributed by atoms with van der Waals surface area (Å²) < 4.78 is 40.3. The lowest BCUT2D eigenvalue weighted by Gasteiger charge is -2.17. The minimum absolute atomic E-state index is 0.0637. The summed E-state index contributed by atoms with van der Waals surface area (Å²) in [5.74, 6) is -0.631. The van der Waals surface area contributed by atoms with Crippen molar-refractivity contribution in [2.24, 2.45) is 0 Å². The molecular weight excluding hydrogens is 395 g/mol. The van der Waals surface area contributed by atoms with E-state index >= 15 is 0 Å². The van der Waals surface area contributed by atoms with Crippen molar-refractivity contribution in [3.8, 4) is 0 Å². The molecular formula is C14H13BrF3N3OS. The fourth-order valence-corrected chi connectivity index (χ4v) is 3.04. The Morgan fingerprint density at radius 1 is 1.39 bits per heavy atom. The highest BCUT2D eigenvalue weighted by Crippen LogP contribution is 2.33. The Bertz CT molecular complexity index is 716. The molecule has 9 heteroatoms. The minimum Gasteiger partial charge on any atom is -0.305 e. The van der Waals surface area contributed by atoms with Crippen LogP contribution in [0.4, 0.5) is 18.3 Å². The Morgan fingerprint density at radius 3 is 2.61 bits per heavy atom. The number of anilines is 1. The number of halogens is 4. The number of hydrogen-bond donors (Lipinski definition) is 1. The van der Waals surface area contributed by atoms with Crippen molar-refractivity contribution < 1.29 is 18.0 Å². The second kappa shape index (κ2) is 6.98. The zero-order chi connectivity index (χ0) is 17.2. The van der Waals surface area contributed by atoms with Crippen molar-refractivity contribution in [1.29, 1.82) is 0 Å². The second-order valence-corrected chi connectivity index (χ2v) is 7.44. The van der Waals surface area contributed by atoms with Gasteiger partial charge in [0.05, 0.1) is 15.5 Å². The largest absolute Gasteiger partial charge is 0.416 e. The number of amides is 1. The standard InChI is InChI=1S/C14H13BrF3N3OS/c1-21(2)7-9-4-3-8(5-10(9)14(16,17)18)12(22)20-13-19-6-11(15)23-13/h3-6H,7H2,1-2H3,(H,19,20,22). The van der Waals surface area contributed by atoms with Crippen LogP contribution in [0.1, 0.15) is 21.5 Å². The molecule has 0 radical (unpaired) electrons. The van der Waals surface area contributed by atoms with Crippen LogP contribution in [0.3, 0.4) is 0 Å². The molecule has 1 heterocycles. The summed E-state index contributed by atoms with van der Waals surface area (Å²) in [5, 5.41) is 2.79. The third-order valence-corrected chi connectivity index (χ3v) is 4.25. The zero-order valence-corrected chi connectivity index (χ0v) is 14.6. The number of benzene rings is 1. The number of aromatic nitrogens is 1. The SMILES string of the molecule is CN(C)Cc1ccc(C(=O)Nc2ncc(Br)s2)cc1C(F)(F)F. The molecule has 2 aromatic rings. The number of thiazole rings is 1. The summed E-state index contributed by atoms with van der Waals surface area (Å²) in [6, 6.07) is 3.58. The Labute approximate surface area is 143 Å². The molecule has 0 unspecified atom stereocenters. The fourth-order valence-electron chi connectivity index (χ4n) is 1.94. The van der Waals surface area contributed by atoms with E-state index < -0.39 is 17.6 Å². The molecule has 1 aromatic carbocycles. The molecule has 0 aliphatic heterocycles. The van der Waals surface area contributed by atoms with E-state index in [4.69, 9.17) is 0 Å². The molecule has 124 valence electrons. The maximum Gasteiger partial charge on any atom is 0.416 e. The van der Waals surface area contributed by atoms with Gasteiger partial charge in [-0.25, -0.2) is 4.98 Å². The molecule has 4 nitrogen and oxygen atoms in total. The highest BCUT2D eigenvalue weighted by Gasteiger charge is 2.34. The van der Waals surface area contributed by atoms with Crippen LogP contribution < -0.4 is 5.32 Å². The monoisotopic (exact) mass is 407 g/mol. The summed E-state index contributed by atoms with van der Waals surface area (Å²) >= 11 is 4.38. The van der Waals surface area contributed by atoms with Gasteiger partial charge in [0.15, 0.2) is 5.13 Å². The van der Waals surface area contributed by atoms with E-state index in [1.54, 1.807) is 19.0 Å². The highest BCUT2D eigenvalue weighted by molar-refractivity contribution is 9.11. The van der Waals surface area contributed by atoms with E-state index in [0.717, 1.165) is 6.07 Å². The first-order valence-electron chi connectivity index (χ1n) is 6.44. The zero-order valence-electron chi connectivity index (χ0n) is 12.2. The average Bonchev–Trinajstić information content (AvgIpc) is 2.82. The van der Waals surface area contributed by atoms with Gasteiger partial charge in [-0.3, -0.25) is 10.1 Å². The molecule has 0 spiro atoms. The van der Waals surface area contributed by atoms with Gasteiger partial charge in [0.1, 0.15) is 0 Å². The van der Waals surface area contributed by atoms with Crippen LogP contribution in [0.5, 0.6) is 0 Å². The van der Waals surface area contributed by atoms with Gasteiger partial charge in [0.2, 0.25) is 0 Å². The number of carbonyl (C=O) groups excluding carboxylic acids is 1. The molecule has 1 aromatic heterocycles. The van der Waals surface area contributed by atoms with Crippen LogP contribution in [-0.2, 0) is 12.7 Å². The first kappa shape index (κ1) is 17.9. The molecule has 1 N–H and O–H groups in total. The normalized spacial score (nSPS) is 11.8. The van der Waals surface area contributed by atoms with Crippen LogP contribution in [0, 0.1) is 0 Å². The number of carbonyl (C=O) groups is 1. The summed E-state index contributed by atoms with van der Waals surface area (Å²) in [6.07, 6.45) is -3.02. The summed E-state index contributed by atoms with van der Waals surface area (Å²) in [6.45, 7) is 0.135. The molecule has 0 saturated carbocycles. The Hall–Kier alpha value is -1.45. The van der Waals surface area contributed by atoms with Crippen LogP contribution in [-0.4, -0.2) is 29.9 Å². The third-order valence-electron chi connectivity index (χ3n) is 2.86. The Morgan fingerprint density at radius 2 is 2.09 bits per heavy atom. The van der Waals surface area contributed by atoms with Crippen LogP contribution >= 0.6 is 27.3 Å². The lowest BCUT2D eigenvalue weighted by atomic mass is 10.0. The Kier molecular flexibility index (Phi) is 5.43. The molecule has 0 atom stereocenters. The quantitative estimate of drug-likeness (QED) is 0.824. The average molecular weight is 408 g/mol. The van der Waals surface area contributed by atoms with Gasteiger partial charge in [-0.2, -0.15) is 13.2 Å². The molecule has 23 heavy (non-hydrogen) atoms. The van der Waals surface area contributed by atoms with Gasteiger partial charge in [-0.1, -0.05) is 17.4 Å². The van der Waals surface area contributed by atoms with E-state index in [0.29, 0.717) is 8.92 Å². The number of nitrogens with one attached hydrogen (secondary N) is 1. The van der Waals surface area contributed by atoms with Crippen molar-refractivity contribution in [2.75, 3.05) is 19.4 Å². The maximum absolute atomic E-state index is 13.2. The number of alkyl halides is 3. The Balaban J connectivity index is 2.30. The minimum atomic E-state index is -4.52. The van der Waals surface area contributed by atoms with Gasteiger partial charge in [-0.15, -0.1) is 0 Å². The molecule has 0 aliphatic carbocycles. The summed E-state index contributed by atoms with van der Waals surface area (Å²) in [7, 11) is 3.36. The molecule has 1 amide bonds. The second-order valence-electron chi connectivity index (χ2n) is 5.03. The molecule has 0 bridgehead atoms. The van der Waals surface area contributed by atoms with Crippen molar-refractivity contribution in [3.63, 3.8) is 0 Å². The van der Waals surface area contributed by atoms with Gasteiger partial charge in [0, 0.05) is 12.1 Å². The maximum atomic E-state index is 13.2. The number of nitrogens with zero attached hydrogens (tertiary/aromatic N) is 2. The van der Waals surface area contributed by atoms with E-state index in [1.165, 1.54) is 29.7 Å². The predicted molar refractivity (Wildman–Crippen MR) is 86.6 cm³/mol. The third kappa shape index (κ3) is 4.76.